The van der Waals surface area contributed by atoms with Crippen LogP contribution in [0, 0.1) is 10.1 Å². The van der Waals surface area contributed by atoms with E-state index < -0.39 is 0 Å². The van der Waals surface area contributed by atoms with Gasteiger partial charge in [-0.15, -0.1) is 0 Å². The van der Waals surface area contributed by atoms with Gasteiger partial charge >= 0.3 is 0 Å². The number of piperazine rings is 1. The third kappa shape index (κ3) is 4.70. The van der Waals surface area contributed by atoms with Gasteiger partial charge < -0.3 is 0 Å². The van der Waals surface area contributed by atoms with Gasteiger partial charge in [-0.3, -0.25) is 19.9 Å². The normalized spacial score (nSPS) is 15.5. The summed E-state index contributed by atoms with van der Waals surface area (Å²) in [5.41, 5.74) is 3.78. The van der Waals surface area contributed by atoms with Gasteiger partial charge in [0.1, 0.15) is 0 Å². The summed E-state index contributed by atoms with van der Waals surface area (Å²) in [5.74, 6) is 0. The Hall–Kier alpha value is -3.02. The fraction of sp³-hybridized carbons (Fsp3) is 0.250. The van der Waals surface area contributed by atoms with Crippen LogP contribution in [0.3, 0.4) is 0 Å². The summed E-state index contributed by atoms with van der Waals surface area (Å²) in [6.45, 7) is 4.56. The molecule has 5 heteroatoms. The Morgan fingerprint density at radius 1 is 0.793 bits per heavy atom. The van der Waals surface area contributed by atoms with E-state index in [1.807, 2.05) is 6.07 Å². The quantitative estimate of drug-likeness (QED) is 0.461. The van der Waals surface area contributed by atoms with E-state index in [1.165, 1.54) is 11.1 Å². The molecule has 1 aliphatic heterocycles. The molecule has 0 spiro atoms. The fourth-order valence-electron chi connectivity index (χ4n) is 4.09. The van der Waals surface area contributed by atoms with Crippen LogP contribution in [0.5, 0.6) is 0 Å². The molecule has 5 nitrogen and oxygen atoms in total. The van der Waals surface area contributed by atoms with Gasteiger partial charge in [0.15, 0.2) is 0 Å². The van der Waals surface area contributed by atoms with Gasteiger partial charge in [-0.1, -0.05) is 72.8 Å². The van der Waals surface area contributed by atoms with Crippen molar-refractivity contribution in [3.05, 3.63) is 112 Å². The molecule has 1 aliphatic rings. The third-order valence-corrected chi connectivity index (χ3v) is 5.53. The monoisotopic (exact) mass is 387 g/mol. The van der Waals surface area contributed by atoms with E-state index in [1.54, 1.807) is 18.2 Å². The molecule has 3 aromatic rings. The molecule has 0 N–H and O–H groups in total. The predicted octanol–water partition coefficient (Wildman–Crippen LogP) is 4.50. The standard InChI is InChI=1S/C24H25N3O2/c28-27(29)23-13-7-8-20(18-23)19-25-14-16-26(17-15-25)24(21-9-3-1-4-10-21)22-11-5-2-6-12-22/h1-13,18,24H,14-17,19H2. The van der Waals surface area contributed by atoms with Crippen molar-refractivity contribution >= 4 is 5.69 Å². The molecule has 0 unspecified atom stereocenters. The zero-order valence-corrected chi connectivity index (χ0v) is 16.4. The summed E-state index contributed by atoms with van der Waals surface area (Å²) in [4.78, 5) is 15.6. The Kier molecular flexibility index (Phi) is 5.98. The SMILES string of the molecule is O=[N+]([O-])c1cccc(CN2CCN(C(c3ccccc3)c3ccccc3)CC2)c1. The van der Waals surface area contributed by atoms with Crippen LogP contribution in [0.4, 0.5) is 5.69 Å². The van der Waals surface area contributed by atoms with Gasteiger partial charge in [0.25, 0.3) is 5.69 Å². The third-order valence-electron chi connectivity index (χ3n) is 5.53. The van der Waals surface area contributed by atoms with E-state index >= 15 is 0 Å². The molecule has 0 amide bonds. The van der Waals surface area contributed by atoms with E-state index in [0.29, 0.717) is 0 Å². The lowest BCUT2D eigenvalue weighted by molar-refractivity contribution is -0.384. The number of hydrogen-bond donors (Lipinski definition) is 0. The molecule has 0 bridgehead atoms. The van der Waals surface area contributed by atoms with Crippen molar-refractivity contribution in [3.63, 3.8) is 0 Å². The van der Waals surface area contributed by atoms with E-state index in [0.717, 1.165) is 38.3 Å². The minimum atomic E-state index is -0.328. The summed E-state index contributed by atoms with van der Waals surface area (Å²) < 4.78 is 0. The van der Waals surface area contributed by atoms with Crippen molar-refractivity contribution in [2.24, 2.45) is 0 Å². The number of benzene rings is 3. The molecular formula is C24H25N3O2. The smallest absolute Gasteiger partial charge is 0.269 e. The van der Waals surface area contributed by atoms with E-state index in [9.17, 15) is 10.1 Å². The molecule has 3 aromatic carbocycles. The highest BCUT2D eigenvalue weighted by Gasteiger charge is 2.26. The molecule has 0 saturated carbocycles. The van der Waals surface area contributed by atoms with Crippen molar-refractivity contribution in [3.8, 4) is 0 Å². The second-order valence-corrected chi connectivity index (χ2v) is 7.46. The first-order chi connectivity index (χ1) is 14.2. The Morgan fingerprint density at radius 3 is 1.93 bits per heavy atom. The molecule has 1 heterocycles. The molecule has 1 saturated heterocycles. The predicted molar refractivity (Wildman–Crippen MR) is 115 cm³/mol. The lowest BCUT2D eigenvalue weighted by Crippen LogP contribution is -2.47. The number of non-ortho nitro benzene ring substituents is 1. The van der Waals surface area contributed by atoms with Crippen LogP contribution in [-0.2, 0) is 6.54 Å². The van der Waals surface area contributed by atoms with Crippen LogP contribution in [0.15, 0.2) is 84.9 Å². The Balaban J connectivity index is 1.46. The molecule has 148 valence electrons. The minimum absolute atomic E-state index is 0.161. The van der Waals surface area contributed by atoms with Gasteiger partial charge in [0.05, 0.1) is 11.0 Å². The lowest BCUT2D eigenvalue weighted by atomic mass is 9.96. The topological polar surface area (TPSA) is 49.6 Å². The first-order valence-corrected chi connectivity index (χ1v) is 10.0. The van der Waals surface area contributed by atoms with Gasteiger partial charge in [0.2, 0.25) is 0 Å². The summed E-state index contributed by atoms with van der Waals surface area (Å²) in [6, 6.07) is 28.5. The highest BCUT2D eigenvalue weighted by Crippen LogP contribution is 2.29. The van der Waals surface area contributed by atoms with Crippen LogP contribution < -0.4 is 0 Å². The van der Waals surface area contributed by atoms with Gasteiger partial charge in [0, 0.05) is 44.9 Å². The van der Waals surface area contributed by atoms with E-state index in [2.05, 4.69) is 70.5 Å². The average Bonchev–Trinajstić information content (AvgIpc) is 2.77. The Morgan fingerprint density at radius 2 is 1.38 bits per heavy atom. The van der Waals surface area contributed by atoms with Gasteiger partial charge in [-0.05, 0) is 16.7 Å². The van der Waals surface area contributed by atoms with E-state index in [-0.39, 0.29) is 16.7 Å². The lowest BCUT2D eigenvalue weighted by Gasteiger charge is -2.39. The Bertz CT molecular complexity index is 899. The van der Waals surface area contributed by atoms with Crippen LogP contribution >= 0.6 is 0 Å². The summed E-state index contributed by atoms with van der Waals surface area (Å²) in [6.07, 6.45) is 0. The van der Waals surface area contributed by atoms with Crippen molar-refractivity contribution in [1.82, 2.24) is 9.80 Å². The molecule has 4 rings (SSSR count). The maximum atomic E-state index is 11.0. The number of nitro benzene ring substituents is 1. The van der Waals surface area contributed by atoms with Crippen molar-refractivity contribution in [2.75, 3.05) is 26.2 Å². The highest BCUT2D eigenvalue weighted by molar-refractivity contribution is 5.34. The highest BCUT2D eigenvalue weighted by atomic mass is 16.6. The second kappa shape index (κ2) is 8.99. The average molecular weight is 387 g/mol. The minimum Gasteiger partial charge on any atom is -0.297 e. The van der Waals surface area contributed by atoms with Crippen LogP contribution in [0.2, 0.25) is 0 Å². The van der Waals surface area contributed by atoms with Crippen molar-refractivity contribution in [2.45, 2.75) is 12.6 Å². The van der Waals surface area contributed by atoms with E-state index in [4.69, 9.17) is 0 Å². The zero-order valence-electron chi connectivity index (χ0n) is 16.4. The summed E-state index contributed by atoms with van der Waals surface area (Å²) >= 11 is 0. The van der Waals surface area contributed by atoms with Crippen molar-refractivity contribution in [1.29, 1.82) is 0 Å². The second-order valence-electron chi connectivity index (χ2n) is 7.46. The van der Waals surface area contributed by atoms with Gasteiger partial charge in [-0.2, -0.15) is 0 Å². The molecule has 0 atom stereocenters. The molecule has 0 radical (unpaired) electrons. The fourth-order valence-corrected chi connectivity index (χ4v) is 4.09. The molecule has 0 aromatic heterocycles. The van der Waals surface area contributed by atoms with Gasteiger partial charge in [-0.25, -0.2) is 0 Å². The maximum Gasteiger partial charge on any atom is 0.269 e. The molecule has 0 aliphatic carbocycles. The first kappa shape index (κ1) is 19.3. The number of hydrogen-bond acceptors (Lipinski definition) is 4. The number of nitrogens with zero attached hydrogens (tertiary/aromatic N) is 3. The van der Waals surface area contributed by atoms with Crippen LogP contribution in [-0.4, -0.2) is 40.9 Å². The molecule has 29 heavy (non-hydrogen) atoms. The Labute approximate surface area is 171 Å². The van der Waals surface area contributed by atoms with Crippen LogP contribution in [0.25, 0.3) is 0 Å². The molecular weight excluding hydrogens is 362 g/mol. The summed E-state index contributed by atoms with van der Waals surface area (Å²) in [7, 11) is 0. The molecule has 1 fully saturated rings. The number of rotatable bonds is 6. The van der Waals surface area contributed by atoms with Crippen LogP contribution in [0.1, 0.15) is 22.7 Å². The number of nitro groups is 1. The first-order valence-electron chi connectivity index (χ1n) is 10.0. The van der Waals surface area contributed by atoms with Crippen molar-refractivity contribution < 1.29 is 4.92 Å². The maximum absolute atomic E-state index is 11.0. The zero-order chi connectivity index (χ0) is 20.1. The summed E-state index contributed by atoms with van der Waals surface area (Å²) in [5, 5.41) is 11.0. The largest absolute Gasteiger partial charge is 0.297 e.